The molecule has 194 valence electrons. The summed E-state index contributed by atoms with van der Waals surface area (Å²) in [5.74, 6) is 1.83. The second kappa shape index (κ2) is 13.2. The van der Waals surface area contributed by atoms with Gasteiger partial charge in [0.25, 0.3) is 0 Å². The molecule has 0 heterocycles. The van der Waals surface area contributed by atoms with Gasteiger partial charge in [0.05, 0.1) is 17.3 Å². The van der Waals surface area contributed by atoms with Crippen LogP contribution in [0.25, 0.3) is 0 Å². The molecular formula is C33H38BrO2S+. The summed E-state index contributed by atoms with van der Waals surface area (Å²) in [7, 11) is -0.213. The van der Waals surface area contributed by atoms with Crippen LogP contribution in [0.4, 0.5) is 0 Å². The predicted molar refractivity (Wildman–Crippen MR) is 157 cm³/mol. The van der Waals surface area contributed by atoms with E-state index < -0.39 is 0 Å². The number of benzene rings is 3. The van der Waals surface area contributed by atoms with E-state index in [2.05, 4.69) is 76.6 Å². The van der Waals surface area contributed by atoms with Crippen molar-refractivity contribution in [2.75, 3.05) is 5.33 Å². The van der Waals surface area contributed by atoms with Crippen molar-refractivity contribution < 1.29 is 9.53 Å². The Morgan fingerprint density at radius 3 is 1.46 bits per heavy atom. The van der Waals surface area contributed by atoms with Gasteiger partial charge in [-0.05, 0) is 97.2 Å². The van der Waals surface area contributed by atoms with E-state index in [1.165, 1.54) is 90.0 Å². The summed E-state index contributed by atoms with van der Waals surface area (Å²) in [5, 5.41) is 0.612. The van der Waals surface area contributed by atoms with E-state index in [0.29, 0.717) is 29.3 Å². The third kappa shape index (κ3) is 6.89. The number of rotatable bonds is 8. The number of ether oxygens (including phenoxy) is 1. The summed E-state index contributed by atoms with van der Waals surface area (Å²) in [6, 6.07) is 27.0. The van der Waals surface area contributed by atoms with Gasteiger partial charge < -0.3 is 4.74 Å². The van der Waals surface area contributed by atoms with Crippen molar-refractivity contribution >= 4 is 32.8 Å². The summed E-state index contributed by atoms with van der Waals surface area (Å²) in [6.45, 7) is 0. The molecule has 2 aliphatic rings. The van der Waals surface area contributed by atoms with E-state index in [1.807, 2.05) is 12.1 Å². The Morgan fingerprint density at radius 1 is 0.649 bits per heavy atom. The monoisotopic (exact) mass is 577 g/mol. The van der Waals surface area contributed by atoms with Gasteiger partial charge in [0, 0.05) is 5.33 Å². The van der Waals surface area contributed by atoms with Gasteiger partial charge in [-0.1, -0.05) is 78.7 Å². The average Bonchev–Trinajstić information content (AvgIpc) is 2.96. The minimum absolute atomic E-state index is 0.208. The van der Waals surface area contributed by atoms with Gasteiger partial charge in [-0.15, -0.1) is 0 Å². The molecule has 0 amide bonds. The zero-order valence-corrected chi connectivity index (χ0v) is 24.1. The Kier molecular flexibility index (Phi) is 9.44. The first-order valence-electron chi connectivity index (χ1n) is 14.0. The Balaban J connectivity index is 1.42. The molecule has 0 radical (unpaired) electrons. The smallest absolute Gasteiger partial charge is 0.312 e. The lowest BCUT2D eigenvalue weighted by atomic mass is 9.84. The highest BCUT2D eigenvalue weighted by Gasteiger charge is 2.30. The van der Waals surface area contributed by atoms with E-state index in [9.17, 15) is 4.79 Å². The Bertz CT molecular complexity index is 1070. The number of hydrogen-bond acceptors (Lipinski definition) is 2. The van der Waals surface area contributed by atoms with Crippen LogP contribution < -0.4 is 4.74 Å². The van der Waals surface area contributed by atoms with Gasteiger partial charge in [0.15, 0.2) is 14.7 Å². The first-order chi connectivity index (χ1) is 18.2. The van der Waals surface area contributed by atoms with E-state index in [4.69, 9.17) is 4.74 Å². The fourth-order valence-corrected chi connectivity index (χ4v) is 8.30. The van der Waals surface area contributed by atoms with Crippen molar-refractivity contribution in [3.05, 3.63) is 83.9 Å². The highest BCUT2D eigenvalue weighted by Crippen LogP contribution is 2.38. The van der Waals surface area contributed by atoms with E-state index in [0.717, 1.165) is 0 Å². The molecule has 2 aliphatic carbocycles. The minimum Gasteiger partial charge on any atom is -0.427 e. The number of alkyl halides is 1. The number of hydrogen-bond donors (Lipinski definition) is 0. The molecule has 0 aliphatic heterocycles. The molecule has 2 nitrogen and oxygen atoms in total. The normalized spacial score (nSPS) is 17.1. The van der Waals surface area contributed by atoms with Gasteiger partial charge in [-0.25, -0.2) is 0 Å². The molecule has 0 saturated heterocycles. The zero-order valence-electron chi connectivity index (χ0n) is 21.7. The van der Waals surface area contributed by atoms with Crippen molar-refractivity contribution in [1.82, 2.24) is 0 Å². The van der Waals surface area contributed by atoms with E-state index >= 15 is 0 Å². The summed E-state index contributed by atoms with van der Waals surface area (Å²) in [6.07, 6.45) is 13.9. The first-order valence-corrected chi connectivity index (χ1v) is 16.4. The molecule has 4 heteroatoms. The SMILES string of the molecule is O=C(CCBr)Oc1ccc([S+](c2ccc(C3CCCCC3)cc2)c2ccc(C3CCCCC3)cc2)cc1. The maximum Gasteiger partial charge on any atom is 0.312 e. The van der Waals surface area contributed by atoms with Crippen LogP contribution in [0.3, 0.4) is 0 Å². The molecule has 5 rings (SSSR count). The fourth-order valence-electron chi connectivity index (χ4n) is 5.94. The van der Waals surface area contributed by atoms with Crippen molar-refractivity contribution in [1.29, 1.82) is 0 Å². The van der Waals surface area contributed by atoms with E-state index in [1.54, 1.807) is 0 Å². The lowest BCUT2D eigenvalue weighted by molar-refractivity contribution is -0.133. The van der Waals surface area contributed by atoms with Crippen LogP contribution in [0, 0.1) is 0 Å². The second-order valence-electron chi connectivity index (χ2n) is 10.5. The third-order valence-corrected chi connectivity index (χ3v) is 10.6. The molecule has 0 unspecified atom stereocenters. The van der Waals surface area contributed by atoms with Crippen molar-refractivity contribution in [3.63, 3.8) is 0 Å². The van der Waals surface area contributed by atoms with Crippen molar-refractivity contribution in [2.24, 2.45) is 0 Å². The number of carbonyl (C=O) groups excluding carboxylic acids is 1. The number of esters is 1. The highest BCUT2D eigenvalue weighted by molar-refractivity contribution is 9.09. The standard InChI is InChI=1S/C33H38BrO2S/c34-24-23-33(35)36-29-15-21-32(22-16-29)37(30-17-11-27(12-18-30)25-7-3-1-4-8-25)31-19-13-28(14-20-31)26-9-5-2-6-10-26/h11-22,25-26H,1-10,23-24H2/q+1. The third-order valence-electron chi connectivity index (χ3n) is 7.97. The zero-order chi connectivity index (χ0) is 25.5. The van der Waals surface area contributed by atoms with Crippen LogP contribution in [-0.2, 0) is 15.7 Å². The maximum absolute atomic E-state index is 11.9. The van der Waals surface area contributed by atoms with Gasteiger partial charge in [-0.2, -0.15) is 0 Å². The molecular weight excluding hydrogens is 540 g/mol. The fraction of sp³-hybridized carbons (Fsp3) is 0.424. The molecule has 3 aromatic rings. The Morgan fingerprint density at radius 2 is 1.05 bits per heavy atom. The van der Waals surface area contributed by atoms with Crippen LogP contribution in [0.2, 0.25) is 0 Å². The lowest BCUT2D eigenvalue weighted by Crippen LogP contribution is -2.09. The molecule has 0 aromatic heterocycles. The second-order valence-corrected chi connectivity index (χ2v) is 13.3. The molecule has 0 atom stereocenters. The van der Waals surface area contributed by atoms with Gasteiger partial charge in [0.1, 0.15) is 5.75 Å². The quantitative estimate of drug-likeness (QED) is 0.115. The highest BCUT2D eigenvalue weighted by atomic mass is 79.9. The average molecular weight is 579 g/mol. The Labute approximate surface area is 233 Å². The topological polar surface area (TPSA) is 26.3 Å². The lowest BCUT2D eigenvalue weighted by Gasteiger charge is -2.22. The van der Waals surface area contributed by atoms with Crippen LogP contribution in [0.1, 0.15) is 93.6 Å². The molecule has 2 saturated carbocycles. The minimum atomic E-state index is -0.213. The van der Waals surface area contributed by atoms with Crippen molar-refractivity contribution in [2.45, 2.75) is 97.2 Å². The summed E-state index contributed by atoms with van der Waals surface area (Å²) in [4.78, 5) is 15.9. The predicted octanol–water partition coefficient (Wildman–Crippen LogP) is 9.57. The molecule has 0 N–H and O–H groups in total. The first kappa shape index (κ1) is 26.6. The molecule has 2 fully saturated rings. The van der Waals surface area contributed by atoms with Crippen LogP contribution in [0.15, 0.2) is 87.5 Å². The van der Waals surface area contributed by atoms with Crippen LogP contribution >= 0.6 is 15.9 Å². The number of carbonyl (C=O) groups is 1. The molecule has 37 heavy (non-hydrogen) atoms. The van der Waals surface area contributed by atoms with Gasteiger partial charge in [0.2, 0.25) is 0 Å². The molecule has 0 bridgehead atoms. The summed E-state index contributed by atoms with van der Waals surface area (Å²) in [5.41, 5.74) is 2.99. The summed E-state index contributed by atoms with van der Waals surface area (Å²) >= 11 is 3.31. The largest absolute Gasteiger partial charge is 0.427 e. The number of halogens is 1. The van der Waals surface area contributed by atoms with Crippen molar-refractivity contribution in [3.8, 4) is 5.75 Å². The Hall–Kier alpha value is -2.04. The van der Waals surface area contributed by atoms with Gasteiger partial charge in [-0.3, -0.25) is 4.79 Å². The van der Waals surface area contributed by atoms with Gasteiger partial charge >= 0.3 is 5.97 Å². The maximum atomic E-state index is 11.9. The molecule has 0 spiro atoms. The van der Waals surface area contributed by atoms with Crippen LogP contribution in [-0.4, -0.2) is 11.3 Å². The summed E-state index contributed by atoms with van der Waals surface area (Å²) < 4.78 is 5.50. The van der Waals surface area contributed by atoms with Crippen LogP contribution in [0.5, 0.6) is 5.75 Å². The molecule has 3 aromatic carbocycles. The van der Waals surface area contributed by atoms with E-state index in [-0.39, 0.29) is 16.9 Å².